The van der Waals surface area contributed by atoms with Crippen molar-refractivity contribution in [1.29, 1.82) is 0 Å². The molecule has 1 spiro atoms. The Morgan fingerprint density at radius 2 is 2.20 bits per heavy atom. The number of thioether (sulfide) groups is 1. The zero-order chi connectivity index (χ0) is 14.2. The molecule has 1 aromatic rings. The monoisotopic (exact) mass is 292 g/mol. The number of amides is 3. The van der Waals surface area contributed by atoms with Crippen LogP contribution in [0.1, 0.15) is 12.0 Å². The van der Waals surface area contributed by atoms with E-state index in [0.717, 1.165) is 11.3 Å². The summed E-state index contributed by atoms with van der Waals surface area (Å²) in [6, 6.07) is 7.13. The zero-order valence-corrected chi connectivity index (χ0v) is 12.0. The van der Waals surface area contributed by atoms with Crippen LogP contribution in [0, 0.1) is 0 Å². The van der Waals surface area contributed by atoms with E-state index in [2.05, 4.69) is 5.32 Å². The van der Waals surface area contributed by atoms with Gasteiger partial charge in [0.15, 0.2) is 0 Å². The van der Waals surface area contributed by atoms with E-state index >= 15 is 0 Å². The molecule has 1 atom stereocenters. The number of hydrogen-bond donors (Lipinski definition) is 1. The first-order chi connectivity index (χ1) is 9.66. The van der Waals surface area contributed by atoms with Crippen LogP contribution in [0.4, 0.5) is 4.79 Å². The Bertz CT molecular complexity index is 555. The molecule has 1 N–H and O–H groups in total. The first-order valence-electron chi connectivity index (χ1n) is 6.50. The zero-order valence-electron chi connectivity index (χ0n) is 11.2. The molecule has 0 bridgehead atoms. The van der Waals surface area contributed by atoms with Crippen molar-refractivity contribution in [3.8, 4) is 5.75 Å². The number of nitrogens with one attached hydrogen (secondary N) is 1. The van der Waals surface area contributed by atoms with Crippen molar-refractivity contribution in [1.82, 2.24) is 10.2 Å². The highest BCUT2D eigenvalue weighted by molar-refractivity contribution is 7.99. The van der Waals surface area contributed by atoms with Gasteiger partial charge in [-0.3, -0.25) is 9.69 Å². The summed E-state index contributed by atoms with van der Waals surface area (Å²) in [7, 11) is 1.58. The second kappa shape index (κ2) is 5.01. The van der Waals surface area contributed by atoms with Crippen molar-refractivity contribution in [3.63, 3.8) is 0 Å². The van der Waals surface area contributed by atoms with Crippen molar-refractivity contribution >= 4 is 23.7 Å². The topological polar surface area (TPSA) is 58.6 Å². The third kappa shape index (κ3) is 2.04. The lowest BCUT2D eigenvalue weighted by Gasteiger charge is -2.19. The molecule has 3 rings (SSSR count). The number of urea groups is 1. The number of rotatable bonds is 3. The van der Waals surface area contributed by atoms with Crippen molar-refractivity contribution in [2.24, 2.45) is 0 Å². The van der Waals surface area contributed by atoms with Gasteiger partial charge in [0, 0.05) is 11.3 Å². The predicted octanol–water partition coefficient (Wildman–Crippen LogP) is 1.62. The lowest BCUT2D eigenvalue weighted by molar-refractivity contribution is -0.130. The lowest BCUT2D eigenvalue weighted by atomic mass is 9.99. The van der Waals surface area contributed by atoms with Crippen molar-refractivity contribution in [3.05, 3.63) is 29.8 Å². The van der Waals surface area contributed by atoms with Crippen LogP contribution in [-0.4, -0.2) is 41.0 Å². The molecule has 6 heteroatoms. The van der Waals surface area contributed by atoms with Crippen LogP contribution >= 0.6 is 11.8 Å². The summed E-state index contributed by atoms with van der Waals surface area (Å²) in [6.07, 6.45) is 0.713. The molecule has 0 aromatic heterocycles. The minimum Gasteiger partial charge on any atom is -0.496 e. The number of hydrogen-bond acceptors (Lipinski definition) is 4. The summed E-state index contributed by atoms with van der Waals surface area (Å²) in [6.45, 7) is 0.251. The van der Waals surface area contributed by atoms with Gasteiger partial charge in [0.05, 0.1) is 13.7 Å². The van der Waals surface area contributed by atoms with Gasteiger partial charge in [-0.25, -0.2) is 4.79 Å². The number of carbonyl (C=O) groups excluding carboxylic acids is 2. The van der Waals surface area contributed by atoms with Gasteiger partial charge >= 0.3 is 6.03 Å². The lowest BCUT2D eigenvalue weighted by Crippen LogP contribution is -2.46. The smallest absolute Gasteiger partial charge is 0.325 e. The Kier molecular flexibility index (Phi) is 3.33. The molecule has 0 radical (unpaired) electrons. The average molecular weight is 292 g/mol. The molecular formula is C14H16N2O3S. The maximum absolute atomic E-state index is 12.5. The summed E-state index contributed by atoms with van der Waals surface area (Å²) < 4.78 is 5.27. The second-order valence-electron chi connectivity index (χ2n) is 5.02. The van der Waals surface area contributed by atoms with E-state index in [0.29, 0.717) is 17.9 Å². The van der Waals surface area contributed by atoms with Gasteiger partial charge in [0.25, 0.3) is 5.91 Å². The van der Waals surface area contributed by atoms with Crippen molar-refractivity contribution in [2.45, 2.75) is 18.5 Å². The third-order valence-corrected chi connectivity index (χ3v) is 4.98. The van der Waals surface area contributed by atoms with Crippen LogP contribution in [0.5, 0.6) is 5.75 Å². The maximum atomic E-state index is 12.5. The molecule has 0 aliphatic carbocycles. The molecule has 2 aliphatic heterocycles. The predicted molar refractivity (Wildman–Crippen MR) is 76.7 cm³/mol. The molecule has 2 aliphatic rings. The minimum atomic E-state index is -0.677. The van der Waals surface area contributed by atoms with Crippen LogP contribution in [0.25, 0.3) is 0 Å². The van der Waals surface area contributed by atoms with Gasteiger partial charge in [-0.2, -0.15) is 11.8 Å². The number of benzene rings is 1. The summed E-state index contributed by atoms with van der Waals surface area (Å²) in [5, 5.41) is 2.86. The first kappa shape index (κ1) is 13.3. The standard InChI is InChI=1S/C14H16N2O3S/c1-19-11-5-3-2-4-10(11)8-16-12(17)14(15-13(16)18)6-7-20-9-14/h2-5H,6-9H2,1H3,(H,15,18). The molecule has 2 heterocycles. The van der Waals surface area contributed by atoms with Crippen LogP contribution in [-0.2, 0) is 11.3 Å². The molecular weight excluding hydrogens is 276 g/mol. The average Bonchev–Trinajstić information content (AvgIpc) is 3.01. The highest BCUT2D eigenvalue weighted by Crippen LogP contribution is 2.34. The fourth-order valence-electron chi connectivity index (χ4n) is 2.66. The van der Waals surface area contributed by atoms with E-state index < -0.39 is 5.54 Å². The normalized spacial score (nSPS) is 25.4. The van der Waals surface area contributed by atoms with Gasteiger partial charge in [0.1, 0.15) is 11.3 Å². The Labute approximate surface area is 121 Å². The summed E-state index contributed by atoms with van der Waals surface area (Å²) in [5.41, 5.74) is 0.158. The van der Waals surface area contributed by atoms with Crippen molar-refractivity contribution in [2.75, 3.05) is 18.6 Å². The Balaban J connectivity index is 1.84. The molecule has 2 fully saturated rings. The largest absolute Gasteiger partial charge is 0.496 e. The quantitative estimate of drug-likeness (QED) is 0.860. The second-order valence-corrected chi connectivity index (χ2v) is 6.12. The number of para-hydroxylation sites is 1. The van der Waals surface area contributed by atoms with Gasteiger partial charge in [-0.1, -0.05) is 18.2 Å². The van der Waals surface area contributed by atoms with Crippen LogP contribution in [0.15, 0.2) is 24.3 Å². The number of methoxy groups -OCH3 is 1. The van der Waals surface area contributed by atoms with E-state index in [1.165, 1.54) is 4.90 Å². The fourth-order valence-corrected chi connectivity index (χ4v) is 3.98. The molecule has 106 valence electrons. The van der Waals surface area contributed by atoms with Gasteiger partial charge in [-0.15, -0.1) is 0 Å². The highest BCUT2D eigenvalue weighted by atomic mass is 32.2. The number of carbonyl (C=O) groups is 2. The highest BCUT2D eigenvalue weighted by Gasteiger charge is 2.52. The van der Waals surface area contributed by atoms with E-state index in [-0.39, 0.29) is 18.5 Å². The molecule has 5 nitrogen and oxygen atoms in total. The number of imide groups is 1. The van der Waals surface area contributed by atoms with E-state index in [1.54, 1.807) is 18.9 Å². The maximum Gasteiger partial charge on any atom is 0.325 e. The van der Waals surface area contributed by atoms with E-state index in [4.69, 9.17) is 4.74 Å². The molecule has 1 unspecified atom stereocenters. The number of ether oxygens (including phenoxy) is 1. The molecule has 20 heavy (non-hydrogen) atoms. The molecule has 3 amide bonds. The van der Waals surface area contributed by atoms with Gasteiger partial charge in [0.2, 0.25) is 0 Å². The summed E-state index contributed by atoms with van der Waals surface area (Å²) in [4.78, 5) is 25.9. The first-order valence-corrected chi connectivity index (χ1v) is 7.65. The van der Waals surface area contributed by atoms with Crippen LogP contribution in [0.2, 0.25) is 0 Å². The van der Waals surface area contributed by atoms with Gasteiger partial charge < -0.3 is 10.1 Å². The molecule has 2 saturated heterocycles. The van der Waals surface area contributed by atoms with Crippen LogP contribution < -0.4 is 10.1 Å². The third-order valence-electron chi connectivity index (χ3n) is 3.79. The Morgan fingerprint density at radius 3 is 2.90 bits per heavy atom. The fraction of sp³-hybridized carbons (Fsp3) is 0.429. The van der Waals surface area contributed by atoms with Crippen LogP contribution in [0.3, 0.4) is 0 Å². The van der Waals surface area contributed by atoms with E-state index in [9.17, 15) is 9.59 Å². The minimum absolute atomic E-state index is 0.113. The Morgan fingerprint density at radius 1 is 1.40 bits per heavy atom. The summed E-state index contributed by atoms with van der Waals surface area (Å²) in [5.74, 6) is 2.15. The van der Waals surface area contributed by atoms with E-state index in [1.807, 2.05) is 24.3 Å². The van der Waals surface area contributed by atoms with Gasteiger partial charge in [-0.05, 0) is 18.2 Å². The SMILES string of the molecule is COc1ccccc1CN1C(=O)NC2(CCSC2)C1=O. The Hall–Kier alpha value is -1.69. The van der Waals surface area contributed by atoms with Crippen molar-refractivity contribution < 1.29 is 14.3 Å². The number of nitrogens with zero attached hydrogens (tertiary/aromatic N) is 1. The molecule has 0 saturated carbocycles. The molecule has 1 aromatic carbocycles. The summed E-state index contributed by atoms with van der Waals surface area (Å²) >= 11 is 1.71.